The van der Waals surface area contributed by atoms with Crippen molar-refractivity contribution in [3.05, 3.63) is 177 Å². The van der Waals surface area contributed by atoms with Crippen molar-refractivity contribution >= 4 is 35.1 Å². The summed E-state index contributed by atoms with van der Waals surface area (Å²) in [5.41, 5.74) is 23.4. The molecule has 0 N–H and O–H groups in total. The predicted molar refractivity (Wildman–Crippen MR) is 255 cm³/mol. The average Bonchev–Trinajstić information content (AvgIpc) is 3.80. The minimum absolute atomic E-state index is 0.0156. The number of fused-ring (bicyclic) bond motifs is 2. The van der Waals surface area contributed by atoms with Gasteiger partial charge in [-0.25, -0.2) is 0 Å². The van der Waals surface area contributed by atoms with Crippen LogP contribution in [0.2, 0.25) is 13.1 Å². The maximum atomic E-state index is 9.22. The molecule has 0 bridgehead atoms. The van der Waals surface area contributed by atoms with Crippen LogP contribution in [0, 0.1) is 27.7 Å². The van der Waals surface area contributed by atoms with E-state index >= 15 is 0 Å². The van der Waals surface area contributed by atoms with Gasteiger partial charge >= 0.3 is 360 Å². The van der Waals surface area contributed by atoms with E-state index < -0.39 is 21.5 Å². The summed E-state index contributed by atoms with van der Waals surface area (Å²) in [6, 6.07) is 45.8. The first-order valence-corrected chi connectivity index (χ1v) is 37.7. The number of benzene rings is 6. The van der Waals surface area contributed by atoms with E-state index in [0.717, 1.165) is 25.7 Å². The molecule has 0 radical (unpaired) electrons. The number of hydrogen-bond donors (Lipinski definition) is 0. The van der Waals surface area contributed by atoms with E-state index in [-0.39, 0.29) is 7.25 Å². The molecule has 2 unspecified atom stereocenters. The Morgan fingerprint density at radius 1 is 0.431 bits per heavy atom. The molecule has 2 aliphatic rings. The summed E-state index contributed by atoms with van der Waals surface area (Å²) in [6.45, 7) is 18.3. The third kappa shape index (κ3) is 7.05. The van der Waals surface area contributed by atoms with Crippen molar-refractivity contribution in [1.29, 1.82) is 0 Å². The molecule has 0 amide bonds. The normalized spacial score (nSPS) is 16.8. The van der Waals surface area contributed by atoms with Gasteiger partial charge in [0.05, 0.1) is 0 Å². The second kappa shape index (κ2) is 16.2. The predicted octanol–water partition coefficient (Wildman–Crippen LogP) is 16.7. The molecule has 0 saturated carbocycles. The Balaban J connectivity index is 1.47. The van der Waals surface area contributed by atoms with Crippen molar-refractivity contribution in [3.8, 4) is 44.5 Å². The molecule has 8 rings (SSSR count). The molecule has 0 spiro atoms. The van der Waals surface area contributed by atoms with Crippen LogP contribution in [0.1, 0.15) is 91.3 Å². The number of rotatable bonds is 11. The molecule has 4 heteroatoms. The van der Waals surface area contributed by atoms with Crippen molar-refractivity contribution in [1.82, 2.24) is 0 Å². The first kappa shape index (κ1) is 41.2. The van der Waals surface area contributed by atoms with E-state index in [4.69, 9.17) is 0 Å². The van der Waals surface area contributed by atoms with Crippen LogP contribution < -0.4 is 0 Å². The molecular weight excluding hydrogens is 839 g/mol. The van der Waals surface area contributed by atoms with Gasteiger partial charge < -0.3 is 0 Å². The van der Waals surface area contributed by atoms with E-state index in [0.29, 0.717) is 0 Å². The van der Waals surface area contributed by atoms with E-state index in [2.05, 4.69) is 188 Å². The van der Waals surface area contributed by atoms with Gasteiger partial charge in [-0.1, -0.05) is 0 Å². The fourth-order valence-electron chi connectivity index (χ4n) is 10.2. The fourth-order valence-corrected chi connectivity index (χ4v) is 41.4. The number of aryl methyl sites for hydroxylation is 4. The van der Waals surface area contributed by atoms with Gasteiger partial charge in [-0.05, 0) is 0 Å². The Kier molecular flexibility index (Phi) is 11.5. The van der Waals surface area contributed by atoms with Gasteiger partial charge in [0.25, 0.3) is 0 Å². The molecule has 58 heavy (non-hydrogen) atoms. The Hall–Kier alpha value is -3.52. The monoisotopic (exact) mass is 893 g/mol. The molecule has 6 aromatic carbocycles. The zero-order valence-electron chi connectivity index (χ0n) is 35.5. The van der Waals surface area contributed by atoms with Gasteiger partial charge in [-0.3, -0.25) is 0 Å². The van der Waals surface area contributed by atoms with Gasteiger partial charge in [0.1, 0.15) is 0 Å². The number of allylic oxidation sites excluding steroid dienone is 2. The molecule has 0 fully saturated rings. The van der Waals surface area contributed by atoms with Crippen molar-refractivity contribution in [2.24, 2.45) is 0 Å². The van der Waals surface area contributed by atoms with Crippen molar-refractivity contribution in [3.63, 3.8) is 0 Å². The molecule has 0 heterocycles. The average molecular weight is 896 g/mol. The first-order chi connectivity index (χ1) is 27.8. The summed E-state index contributed by atoms with van der Waals surface area (Å²) in [6.07, 6.45) is 9.14. The van der Waals surface area contributed by atoms with E-state index in [1.165, 1.54) is 100 Å². The molecular formula is C54H57Cl2SiZr. The molecule has 0 nitrogen and oxygen atoms in total. The standard InChI is InChI=1S/2C26H25.C2H7Si.2ClH.Zr/c2*1-4-5-20-16-25-23(21-10-6-18(2)7-11-21)14-15-24(26(25)17-20)22-12-8-19(3)9-13-22;1-3-2;;;/h2*6-17H,4-5H2,1-3H3;3H,1-2H3;2*1H;/q;;;;;+2/p-2. The second-order valence-electron chi connectivity index (χ2n) is 17.6. The van der Waals surface area contributed by atoms with Crippen molar-refractivity contribution < 1.29 is 15.6 Å². The Morgan fingerprint density at radius 2 is 0.707 bits per heavy atom. The van der Waals surface area contributed by atoms with Crippen molar-refractivity contribution in [2.75, 3.05) is 0 Å². The molecule has 6 aromatic rings. The molecule has 0 aliphatic heterocycles. The van der Waals surface area contributed by atoms with Crippen LogP contribution in [0.4, 0.5) is 0 Å². The summed E-state index contributed by atoms with van der Waals surface area (Å²) >= 11 is -5.25. The summed E-state index contributed by atoms with van der Waals surface area (Å²) in [4.78, 5) is 0. The maximum absolute atomic E-state index is 9.22. The van der Waals surface area contributed by atoms with Crippen LogP contribution >= 0.6 is 17.0 Å². The summed E-state index contributed by atoms with van der Waals surface area (Å²) in [7, 11) is 18.4. The fraction of sp³-hybridized carbons (Fsp3) is 0.259. The zero-order chi connectivity index (χ0) is 41.0. The molecule has 2 atom stereocenters. The minimum atomic E-state index is -5.25. The Labute approximate surface area is 356 Å². The molecule has 0 aromatic heterocycles. The van der Waals surface area contributed by atoms with Crippen LogP contribution in [0.15, 0.2) is 132 Å². The van der Waals surface area contributed by atoms with Gasteiger partial charge in [-0.2, -0.15) is 0 Å². The van der Waals surface area contributed by atoms with E-state index in [9.17, 15) is 17.0 Å². The summed E-state index contributed by atoms with van der Waals surface area (Å²) < 4.78 is -0.0311. The quantitative estimate of drug-likeness (QED) is 0.114. The zero-order valence-corrected chi connectivity index (χ0v) is 40.6. The number of halogens is 2. The summed E-state index contributed by atoms with van der Waals surface area (Å²) in [5.74, 6) is -1.85. The second-order valence-corrected chi connectivity index (χ2v) is 60.1. The van der Waals surface area contributed by atoms with Gasteiger partial charge in [0.15, 0.2) is 0 Å². The van der Waals surface area contributed by atoms with Crippen LogP contribution in [0.5, 0.6) is 0 Å². The SMILES string of the molecule is CCCC1=Cc2c(-c3ccc(C)cc3)ccc(-c3ccc(C)cc3)c2[CH]1[Zr]([Cl])([Cl])([CH]1C(CCC)=Cc2c(-c3ccc(C)cc3)ccc(-c3ccc(C)cc3)c21)[SiH](C)C. The van der Waals surface area contributed by atoms with Crippen LogP contribution in [-0.2, 0) is 15.6 Å². The van der Waals surface area contributed by atoms with Crippen molar-refractivity contribution in [2.45, 2.75) is 87.6 Å². The van der Waals surface area contributed by atoms with E-state index in [1.807, 2.05) is 0 Å². The third-order valence-corrected chi connectivity index (χ3v) is 65.0. The third-order valence-electron chi connectivity index (χ3n) is 13.3. The van der Waals surface area contributed by atoms with E-state index in [1.54, 1.807) is 0 Å². The molecule has 295 valence electrons. The van der Waals surface area contributed by atoms with Gasteiger partial charge in [0.2, 0.25) is 0 Å². The summed E-state index contributed by atoms with van der Waals surface area (Å²) in [5, 5.41) is 0. The Morgan fingerprint density at radius 3 is 0.983 bits per heavy atom. The van der Waals surface area contributed by atoms with Crippen LogP contribution in [0.25, 0.3) is 56.7 Å². The van der Waals surface area contributed by atoms with Crippen LogP contribution in [0.3, 0.4) is 0 Å². The molecule has 2 aliphatic carbocycles. The topological polar surface area (TPSA) is 0 Å². The Bertz CT molecular complexity index is 2380. The van der Waals surface area contributed by atoms with Crippen LogP contribution in [-0.4, -0.2) is 5.92 Å². The first-order valence-electron chi connectivity index (χ1n) is 21.4. The molecule has 0 saturated heterocycles. The van der Waals surface area contributed by atoms with Gasteiger partial charge in [0, 0.05) is 0 Å². The number of hydrogen-bond acceptors (Lipinski definition) is 0. The van der Waals surface area contributed by atoms with Gasteiger partial charge in [-0.15, -0.1) is 0 Å².